The first-order valence-corrected chi connectivity index (χ1v) is 12.6. The third-order valence-electron chi connectivity index (χ3n) is 6.50. The quantitative estimate of drug-likeness (QED) is 0.322. The smallest absolute Gasteiger partial charge is 0.286 e. The summed E-state index contributed by atoms with van der Waals surface area (Å²) in [5, 5.41) is 6.03. The highest BCUT2D eigenvalue weighted by Gasteiger charge is 2.39. The topological polar surface area (TPSA) is 107 Å². The third-order valence-corrected chi connectivity index (χ3v) is 6.84. The van der Waals surface area contributed by atoms with Gasteiger partial charge in [0.25, 0.3) is 5.91 Å². The molecule has 0 aliphatic carbocycles. The zero-order chi connectivity index (χ0) is 27.5. The summed E-state index contributed by atoms with van der Waals surface area (Å²) >= 11 is 6.45. The molecule has 6 rings (SSSR count). The van der Waals surface area contributed by atoms with Crippen LogP contribution in [0.4, 0.5) is 10.1 Å². The van der Waals surface area contributed by atoms with E-state index in [9.17, 15) is 14.0 Å². The van der Waals surface area contributed by atoms with Gasteiger partial charge in [-0.3, -0.25) is 9.59 Å². The molecule has 0 radical (unpaired) electrons. The predicted octanol–water partition coefficient (Wildman–Crippen LogP) is 5.51. The highest BCUT2D eigenvalue weighted by Crippen LogP contribution is 2.42. The van der Waals surface area contributed by atoms with Crippen molar-refractivity contribution in [3.63, 3.8) is 0 Å². The number of aromatic nitrogens is 4. The van der Waals surface area contributed by atoms with E-state index >= 15 is 0 Å². The first kappa shape index (κ1) is 26.0. The Morgan fingerprint density at radius 1 is 1.00 bits per heavy atom. The van der Waals surface area contributed by atoms with Crippen molar-refractivity contribution in [2.45, 2.75) is 19.4 Å². The predicted molar refractivity (Wildman–Crippen MR) is 147 cm³/mol. The van der Waals surface area contributed by atoms with E-state index in [1.807, 2.05) is 54.3 Å². The van der Waals surface area contributed by atoms with Crippen molar-refractivity contribution in [2.24, 2.45) is 11.7 Å². The Balaban J connectivity index is 0.000000292. The van der Waals surface area contributed by atoms with Crippen molar-refractivity contribution < 1.29 is 14.0 Å². The molecule has 1 saturated heterocycles. The lowest BCUT2D eigenvalue weighted by atomic mass is 10.0. The molecular weight excluding hydrogens is 519 g/mol. The van der Waals surface area contributed by atoms with Crippen LogP contribution in [0.5, 0.6) is 0 Å². The van der Waals surface area contributed by atoms with Gasteiger partial charge in [0.15, 0.2) is 0 Å². The molecule has 10 heteroatoms. The summed E-state index contributed by atoms with van der Waals surface area (Å²) in [4.78, 5) is 32.4. The maximum absolute atomic E-state index is 13.3. The average molecular weight is 543 g/mol. The minimum atomic E-state index is -0.601. The number of carbonyl (C=O) groups is 2. The lowest BCUT2D eigenvalue weighted by Gasteiger charge is -2.26. The Kier molecular flexibility index (Phi) is 7.33. The van der Waals surface area contributed by atoms with E-state index in [1.54, 1.807) is 29.1 Å². The molecule has 1 aliphatic rings. The molecule has 2 atom stereocenters. The number of benzene rings is 3. The second-order valence-corrected chi connectivity index (χ2v) is 9.50. The highest BCUT2D eigenvalue weighted by molar-refractivity contribution is 6.31. The van der Waals surface area contributed by atoms with Gasteiger partial charge in [0.1, 0.15) is 5.82 Å². The molecule has 2 aromatic heterocycles. The normalized spacial score (nSPS) is 16.7. The Bertz CT molecular complexity index is 1640. The Morgan fingerprint density at radius 2 is 1.69 bits per heavy atom. The van der Waals surface area contributed by atoms with E-state index in [4.69, 9.17) is 17.3 Å². The molecule has 0 unspecified atom stereocenters. The highest BCUT2D eigenvalue weighted by atomic mass is 35.5. The number of fused-ring (bicyclic) bond motifs is 1. The zero-order valence-corrected chi connectivity index (χ0v) is 21.7. The first-order chi connectivity index (χ1) is 18.8. The Hall–Kier alpha value is -4.63. The van der Waals surface area contributed by atoms with Gasteiger partial charge >= 0.3 is 0 Å². The van der Waals surface area contributed by atoms with Crippen LogP contribution in [-0.4, -0.2) is 31.6 Å². The summed E-state index contributed by atoms with van der Waals surface area (Å²) in [7, 11) is 0. The third kappa shape index (κ3) is 5.35. The SMILES string of the molecule is C[C@@H]1C[C@@H](c2ccccc2Cl)N(c2ccc3c(cnn3-c3ccc(F)cc3)c2)C1=O.NC(=O)c1ncccn1. The lowest BCUT2D eigenvalue weighted by molar-refractivity contribution is -0.120. The van der Waals surface area contributed by atoms with Gasteiger partial charge in [-0.25, -0.2) is 19.0 Å². The molecule has 3 heterocycles. The van der Waals surface area contributed by atoms with Crippen LogP contribution in [0.15, 0.2) is 91.4 Å². The molecule has 2 N–H and O–H groups in total. The van der Waals surface area contributed by atoms with Crippen LogP contribution < -0.4 is 10.6 Å². The van der Waals surface area contributed by atoms with Gasteiger partial charge in [-0.1, -0.05) is 36.7 Å². The van der Waals surface area contributed by atoms with Crippen LogP contribution in [0.3, 0.4) is 0 Å². The summed E-state index contributed by atoms with van der Waals surface area (Å²) in [6.07, 6.45) is 5.41. The zero-order valence-electron chi connectivity index (χ0n) is 20.9. The van der Waals surface area contributed by atoms with Crippen LogP contribution in [0.1, 0.15) is 35.6 Å². The molecule has 1 fully saturated rings. The van der Waals surface area contributed by atoms with Gasteiger partial charge in [-0.05, 0) is 66.6 Å². The van der Waals surface area contributed by atoms with Crippen LogP contribution in [0.2, 0.25) is 5.02 Å². The molecule has 196 valence electrons. The van der Waals surface area contributed by atoms with Crippen molar-refractivity contribution in [3.05, 3.63) is 114 Å². The summed E-state index contributed by atoms with van der Waals surface area (Å²) in [6.45, 7) is 1.96. The average Bonchev–Trinajstić information content (AvgIpc) is 3.50. The molecular formula is C29H24ClFN6O2. The van der Waals surface area contributed by atoms with Gasteiger partial charge in [0.05, 0.1) is 23.4 Å². The number of rotatable bonds is 4. The standard InChI is InChI=1S/C24H19ClFN3O.C5H5N3O/c1-15-12-23(20-4-2-3-5-21(20)25)28(24(15)30)19-10-11-22-16(13-19)14-27-29(22)18-8-6-17(26)7-9-18;6-4(9)5-7-2-1-3-8-5/h2-11,13-15,23H,12H2,1H3;1-3H,(H2,6,9)/t15-,23+;/m1./s1. The van der Waals surface area contributed by atoms with Gasteiger partial charge < -0.3 is 10.6 Å². The van der Waals surface area contributed by atoms with Crippen LogP contribution in [0.25, 0.3) is 16.6 Å². The van der Waals surface area contributed by atoms with Gasteiger partial charge in [0.2, 0.25) is 11.7 Å². The molecule has 2 amide bonds. The van der Waals surface area contributed by atoms with Gasteiger partial charge in [-0.15, -0.1) is 0 Å². The second-order valence-electron chi connectivity index (χ2n) is 9.09. The molecule has 3 aromatic carbocycles. The number of anilines is 1. The maximum Gasteiger partial charge on any atom is 0.286 e. The number of hydrogen-bond donors (Lipinski definition) is 1. The van der Waals surface area contributed by atoms with Gasteiger partial charge in [-0.2, -0.15) is 5.10 Å². The largest absolute Gasteiger partial charge is 0.363 e. The van der Waals surface area contributed by atoms with Crippen LogP contribution in [-0.2, 0) is 4.79 Å². The Morgan fingerprint density at radius 3 is 2.36 bits per heavy atom. The van der Waals surface area contributed by atoms with Crippen LogP contribution in [0, 0.1) is 11.7 Å². The fraction of sp³-hybridized carbons (Fsp3) is 0.138. The van der Waals surface area contributed by atoms with Gasteiger partial charge in [0, 0.05) is 34.4 Å². The van der Waals surface area contributed by atoms with E-state index in [2.05, 4.69) is 15.1 Å². The van der Waals surface area contributed by atoms with E-state index in [-0.39, 0.29) is 29.5 Å². The van der Waals surface area contributed by atoms with Crippen molar-refractivity contribution in [2.75, 3.05) is 4.90 Å². The summed E-state index contributed by atoms with van der Waals surface area (Å²) in [6, 6.07) is 21.3. The number of amides is 2. The molecule has 8 nitrogen and oxygen atoms in total. The summed E-state index contributed by atoms with van der Waals surface area (Å²) < 4.78 is 15.0. The van der Waals surface area contributed by atoms with E-state index in [1.165, 1.54) is 24.5 Å². The van der Waals surface area contributed by atoms with E-state index < -0.39 is 5.91 Å². The number of halogens is 2. The van der Waals surface area contributed by atoms with Crippen LogP contribution >= 0.6 is 11.6 Å². The molecule has 0 saturated carbocycles. The summed E-state index contributed by atoms with van der Waals surface area (Å²) in [5.74, 6) is -0.827. The number of hydrogen-bond acceptors (Lipinski definition) is 5. The summed E-state index contributed by atoms with van der Waals surface area (Å²) in [5.41, 5.74) is 8.29. The second kappa shape index (κ2) is 11.0. The maximum atomic E-state index is 13.3. The molecule has 5 aromatic rings. The fourth-order valence-electron chi connectivity index (χ4n) is 4.64. The minimum absolute atomic E-state index is 0.0532. The number of nitrogens with two attached hydrogens (primary N) is 1. The fourth-order valence-corrected chi connectivity index (χ4v) is 4.90. The molecule has 0 spiro atoms. The lowest BCUT2D eigenvalue weighted by Crippen LogP contribution is -2.28. The van der Waals surface area contributed by atoms with E-state index in [0.29, 0.717) is 5.02 Å². The van der Waals surface area contributed by atoms with Crippen molar-refractivity contribution in [3.8, 4) is 5.69 Å². The number of carbonyl (C=O) groups excluding carboxylic acids is 2. The Labute approximate surface area is 228 Å². The minimum Gasteiger partial charge on any atom is -0.363 e. The molecule has 1 aliphatic heterocycles. The van der Waals surface area contributed by atoms with Crippen molar-refractivity contribution in [1.82, 2.24) is 19.7 Å². The van der Waals surface area contributed by atoms with Crippen molar-refractivity contribution in [1.29, 1.82) is 0 Å². The first-order valence-electron chi connectivity index (χ1n) is 12.2. The van der Waals surface area contributed by atoms with Crippen molar-refractivity contribution >= 4 is 40.0 Å². The number of primary amides is 1. The van der Waals surface area contributed by atoms with E-state index in [0.717, 1.165) is 34.3 Å². The number of nitrogens with zero attached hydrogens (tertiary/aromatic N) is 5. The monoisotopic (exact) mass is 542 g/mol. The molecule has 0 bridgehead atoms. The molecule has 39 heavy (non-hydrogen) atoms.